The molecule has 1 aliphatic heterocycles. The first-order valence-corrected chi connectivity index (χ1v) is 9.47. The number of rotatable bonds is 4. The van der Waals surface area contributed by atoms with Crippen LogP contribution in [0, 0.1) is 56.7 Å². The molecule has 1 saturated carbocycles. The largest absolute Gasteiger partial charge is 0.493 e. The van der Waals surface area contributed by atoms with Crippen LogP contribution >= 0.6 is 0 Å². The fourth-order valence-electron chi connectivity index (χ4n) is 4.48. The van der Waals surface area contributed by atoms with Gasteiger partial charge < -0.3 is 19.8 Å². The fraction of sp³-hybridized carbons (Fsp3) is 0.455. The molecule has 0 radical (unpaired) electrons. The van der Waals surface area contributed by atoms with Crippen LogP contribution < -0.4 is 9.47 Å². The van der Waals surface area contributed by atoms with Crippen molar-refractivity contribution in [1.29, 1.82) is 21.2 Å². The monoisotopic (exact) mass is 389 g/mol. The second-order valence-electron chi connectivity index (χ2n) is 7.36. The zero-order valence-corrected chi connectivity index (χ0v) is 16.8. The summed E-state index contributed by atoms with van der Waals surface area (Å²) in [4.78, 5) is 2.09. The Morgan fingerprint density at radius 3 is 2.55 bits per heavy atom. The lowest BCUT2D eigenvalue weighted by Crippen LogP contribution is -2.52. The van der Waals surface area contributed by atoms with E-state index in [-0.39, 0.29) is 11.6 Å². The maximum atomic E-state index is 10.1. The molecule has 1 heterocycles. The second-order valence-corrected chi connectivity index (χ2v) is 7.36. The van der Waals surface area contributed by atoms with E-state index >= 15 is 0 Å². The maximum Gasteiger partial charge on any atom is 0.189 e. The van der Waals surface area contributed by atoms with Gasteiger partial charge >= 0.3 is 0 Å². The van der Waals surface area contributed by atoms with E-state index in [1.165, 1.54) is 7.11 Å². The van der Waals surface area contributed by atoms with Gasteiger partial charge in [0, 0.05) is 24.9 Å². The van der Waals surface area contributed by atoms with Gasteiger partial charge in [-0.05, 0) is 37.2 Å². The highest BCUT2D eigenvalue weighted by molar-refractivity contribution is 6.00. The van der Waals surface area contributed by atoms with Gasteiger partial charge in [0.25, 0.3) is 0 Å². The summed E-state index contributed by atoms with van der Waals surface area (Å²) in [5.41, 5.74) is -0.316. The first-order chi connectivity index (χ1) is 14.0. The molecule has 3 rings (SSSR count). The summed E-state index contributed by atoms with van der Waals surface area (Å²) in [7, 11) is 3.50. The quantitative estimate of drug-likeness (QED) is 0.791. The maximum absolute atomic E-state index is 10.1. The van der Waals surface area contributed by atoms with Crippen LogP contribution in [0.3, 0.4) is 0 Å². The molecule has 7 nitrogen and oxygen atoms in total. The fourth-order valence-corrected chi connectivity index (χ4v) is 4.48. The molecule has 1 fully saturated rings. The molecular formula is C22H23N5O2. The van der Waals surface area contributed by atoms with Gasteiger partial charge in [-0.1, -0.05) is 12.1 Å². The number of nitrogens with one attached hydrogen (secondary N) is 1. The third kappa shape index (κ3) is 3.12. The number of fused-ring (bicyclic) bond motifs is 1. The summed E-state index contributed by atoms with van der Waals surface area (Å²) < 4.78 is 11.1. The van der Waals surface area contributed by atoms with Gasteiger partial charge in [-0.25, -0.2) is 0 Å². The van der Waals surface area contributed by atoms with Crippen molar-refractivity contribution < 1.29 is 9.47 Å². The van der Waals surface area contributed by atoms with Gasteiger partial charge in [0.05, 0.1) is 37.6 Å². The highest BCUT2D eigenvalue weighted by atomic mass is 16.5. The number of hydrogen-bond acceptors (Lipinski definition) is 7. The number of likely N-dealkylation sites (N-methyl/N-ethyl adjacent to an activating group) is 1. The lowest BCUT2D eigenvalue weighted by atomic mass is 9.54. The Kier molecular flexibility index (Phi) is 5.59. The molecule has 0 unspecified atom stereocenters. The number of nitrogens with zero attached hydrogens (tertiary/aromatic N) is 4. The van der Waals surface area contributed by atoms with Gasteiger partial charge in [0.15, 0.2) is 16.9 Å². The normalized spacial score (nSPS) is 25.6. The van der Waals surface area contributed by atoms with Crippen LogP contribution in [0.2, 0.25) is 0 Å². The lowest BCUT2D eigenvalue weighted by molar-refractivity contribution is 0.234. The number of methoxy groups -OCH3 is 1. The minimum atomic E-state index is -1.72. The van der Waals surface area contributed by atoms with Crippen molar-refractivity contribution in [2.45, 2.75) is 12.8 Å². The van der Waals surface area contributed by atoms with Gasteiger partial charge in [-0.3, -0.25) is 0 Å². The minimum absolute atomic E-state index is 0.144. The van der Waals surface area contributed by atoms with E-state index in [0.717, 1.165) is 11.1 Å². The number of hydrogen-bond donors (Lipinski definition) is 1. The summed E-state index contributed by atoms with van der Waals surface area (Å²) in [6.45, 7) is 3.63. The van der Waals surface area contributed by atoms with E-state index < -0.39 is 17.3 Å². The van der Waals surface area contributed by atoms with Gasteiger partial charge in [-0.15, -0.1) is 0 Å². The Morgan fingerprint density at radius 2 is 1.97 bits per heavy atom. The van der Waals surface area contributed by atoms with Crippen molar-refractivity contribution in [3.8, 4) is 29.7 Å². The molecule has 1 N–H and O–H groups in total. The zero-order valence-electron chi connectivity index (χ0n) is 16.8. The van der Waals surface area contributed by atoms with Crippen molar-refractivity contribution in [3.63, 3.8) is 0 Å². The molecule has 1 aliphatic carbocycles. The first kappa shape index (κ1) is 20.4. The van der Waals surface area contributed by atoms with E-state index in [0.29, 0.717) is 31.2 Å². The van der Waals surface area contributed by atoms with Crippen LogP contribution in [0.1, 0.15) is 18.4 Å². The minimum Gasteiger partial charge on any atom is -0.493 e. The topological polar surface area (TPSA) is 117 Å². The third-order valence-corrected chi connectivity index (χ3v) is 5.82. The SMILES string of the molecule is CCOc1ccc([C@H]2[C@H]3CN(C)CC=C3[C@@H](C#N)C(=N)C2(C#N)C#N)cc1OC. The molecule has 0 spiro atoms. The van der Waals surface area contributed by atoms with Crippen molar-refractivity contribution in [2.75, 3.05) is 33.9 Å². The average molecular weight is 389 g/mol. The number of benzene rings is 1. The molecule has 29 heavy (non-hydrogen) atoms. The predicted molar refractivity (Wildman–Crippen MR) is 106 cm³/mol. The first-order valence-electron chi connectivity index (χ1n) is 9.47. The smallest absolute Gasteiger partial charge is 0.189 e. The van der Waals surface area contributed by atoms with E-state index in [9.17, 15) is 15.8 Å². The Morgan fingerprint density at radius 1 is 1.24 bits per heavy atom. The van der Waals surface area contributed by atoms with Crippen molar-refractivity contribution in [2.24, 2.45) is 17.3 Å². The Labute approximate surface area is 170 Å². The van der Waals surface area contributed by atoms with Crippen LogP contribution in [0.15, 0.2) is 29.8 Å². The summed E-state index contributed by atoms with van der Waals surface area (Å²) in [5, 5.41) is 38.5. The standard InChI is InChI=1S/C22H23N5O2/c1-4-29-18-6-5-14(9-19(18)28-3)20-17-11-27(2)8-7-15(17)16(10-23)21(26)22(20,12-24)13-25/h5-7,9,16-17,20,26H,4,8,11H2,1-3H3/t16-,17+,20+/m1/s1. The van der Waals surface area contributed by atoms with E-state index in [1.807, 2.05) is 26.1 Å². The molecule has 7 heteroatoms. The average Bonchev–Trinajstić information content (AvgIpc) is 2.74. The molecule has 1 aromatic rings. The molecular weight excluding hydrogens is 366 g/mol. The van der Waals surface area contributed by atoms with Crippen molar-refractivity contribution >= 4 is 5.71 Å². The van der Waals surface area contributed by atoms with Crippen LogP contribution in [0.5, 0.6) is 11.5 Å². The van der Waals surface area contributed by atoms with E-state index in [4.69, 9.17) is 14.9 Å². The van der Waals surface area contributed by atoms with Crippen molar-refractivity contribution in [1.82, 2.24) is 4.90 Å². The number of nitriles is 3. The molecule has 2 aliphatic rings. The summed E-state index contributed by atoms with van der Waals surface area (Å²) in [5.74, 6) is -0.579. The highest BCUT2D eigenvalue weighted by Crippen LogP contribution is 2.54. The lowest BCUT2D eigenvalue weighted by Gasteiger charge is -2.47. The predicted octanol–water partition coefficient (Wildman–Crippen LogP) is 2.87. The highest BCUT2D eigenvalue weighted by Gasteiger charge is 2.57. The van der Waals surface area contributed by atoms with Crippen LogP contribution in [-0.4, -0.2) is 44.5 Å². The van der Waals surface area contributed by atoms with Gasteiger partial charge in [-0.2, -0.15) is 15.8 Å². The van der Waals surface area contributed by atoms with Crippen LogP contribution in [-0.2, 0) is 0 Å². The zero-order chi connectivity index (χ0) is 21.2. The van der Waals surface area contributed by atoms with Crippen LogP contribution in [0.4, 0.5) is 0 Å². The molecule has 1 aromatic carbocycles. The molecule has 0 amide bonds. The van der Waals surface area contributed by atoms with E-state index in [2.05, 4.69) is 23.1 Å². The van der Waals surface area contributed by atoms with E-state index in [1.54, 1.807) is 12.1 Å². The second kappa shape index (κ2) is 7.95. The number of ether oxygens (including phenoxy) is 2. The Hall–Kier alpha value is -3.34. The van der Waals surface area contributed by atoms with Gasteiger partial charge in [0.2, 0.25) is 0 Å². The summed E-state index contributed by atoms with van der Waals surface area (Å²) >= 11 is 0. The van der Waals surface area contributed by atoms with Gasteiger partial charge in [0.1, 0.15) is 5.92 Å². The van der Waals surface area contributed by atoms with Crippen molar-refractivity contribution in [3.05, 3.63) is 35.4 Å². The third-order valence-electron chi connectivity index (χ3n) is 5.82. The van der Waals surface area contributed by atoms with Crippen LogP contribution in [0.25, 0.3) is 0 Å². The molecule has 148 valence electrons. The molecule has 0 aromatic heterocycles. The Balaban J connectivity index is 2.24. The molecule has 0 saturated heterocycles. The summed E-state index contributed by atoms with van der Waals surface area (Å²) in [6, 6.07) is 11.7. The molecule has 3 atom stereocenters. The Bertz CT molecular complexity index is 964. The molecule has 0 bridgehead atoms. The summed E-state index contributed by atoms with van der Waals surface area (Å²) in [6.07, 6.45) is 1.97.